The fraction of sp³-hybridized carbons (Fsp3) is 0.417. The summed E-state index contributed by atoms with van der Waals surface area (Å²) in [6.45, 7) is 13.4. The van der Waals surface area contributed by atoms with Crippen molar-refractivity contribution in [1.29, 1.82) is 0 Å². The molecule has 0 aliphatic heterocycles. The maximum atomic E-state index is 7.11. The van der Waals surface area contributed by atoms with Crippen molar-refractivity contribution in [2.75, 3.05) is 7.11 Å². The molecule has 0 amide bonds. The SMILES string of the molecule is [C-]#[N+]c1cccc(OC)c1C(C)(C)C. The van der Waals surface area contributed by atoms with Crippen molar-refractivity contribution in [2.45, 2.75) is 26.2 Å². The van der Waals surface area contributed by atoms with E-state index in [0.717, 1.165) is 11.3 Å². The van der Waals surface area contributed by atoms with E-state index in [1.807, 2.05) is 18.2 Å². The Morgan fingerprint density at radius 3 is 2.36 bits per heavy atom. The van der Waals surface area contributed by atoms with Crippen LogP contribution in [0.15, 0.2) is 18.2 Å². The molecular weight excluding hydrogens is 174 g/mol. The minimum Gasteiger partial charge on any atom is -0.498 e. The van der Waals surface area contributed by atoms with Gasteiger partial charge in [-0.1, -0.05) is 32.9 Å². The summed E-state index contributed by atoms with van der Waals surface area (Å²) in [5.74, 6) is 0.797. The zero-order valence-electron chi connectivity index (χ0n) is 9.09. The summed E-state index contributed by atoms with van der Waals surface area (Å²) in [6.07, 6.45) is 0. The largest absolute Gasteiger partial charge is 0.498 e. The third-order valence-electron chi connectivity index (χ3n) is 2.09. The number of hydrogen-bond acceptors (Lipinski definition) is 1. The number of ether oxygens (including phenoxy) is 1. The first-order chi connectivity index (χ1) is 6.50. The van der Waals surface area contributed by atoms with E-state index in [-0.39, 0.29) is 5.41 Å². The van der Waals surface area contributed by atoms with E-state index in [0.29, 0.717) is 5.69 Å². The average Bonchev–Trinajstić information content (AvgIpc) is 2.15. The Labute approximate surface area is 85.3 Å². The van der Waals surface area contributed by atoms with Crippen LogP contribution in [0.25, 0.3) is 4.85 Å². The van der Waals surface area contributed by atoms with Crippen LogP contribution in [0.2, 0.25) is 0 Å². The number of benzene rings is 1. The molecule has 0 saturated carbocycles. The Morgan fingerprint density at radius 2 is 1.93 bits per heavy atom. The molecule has 2 heteroatoms. The van der Waals surface area contributed by atoms with Gasteiger partial charge in [0.1, 0.15) is 5.75 Å². The van der Waals surface area contributed by atoms with Crippen LogP contribution in [0.1, 0.15) is 26.3 Å². The molecule has 0 spiro atoms. The maximum Gasteiger partial charge on any atom is 0.194 e. The van der Waals surface area contributed by atoms with Crippen LogP contribution in [-0.2, 0) is 5.41 Å². The second-order valence-electron chi connectivity index (χ2n) is 4.22. The van der Waals surface area contributed by atoms with Gasteiger partial charge in [0.05, 0.1) is 13.7 Å². The van der Waals surface area contributed by atoms with Crippen LogP contribution < -0.4 is 4.74 Å². The molecule has 0 radical (unpaired) electrons. The van der Waals surface area contributed by atoms with E-state index in [2.05, 4.69) is 25.6 Å². The third kappa shape index (κ3) is 1.88. The van der Waals surface area contributed by atoms with Crippen molar-refractivity contribution in [1.82, 2.24) is 0 Å². The summed E-state index contributed by atoms with van der Waals surface area (Å²) in [7, 11) is 1.64. The van der Waals surface area contributed by atoms with Crippen LogP contribution in [0, 0.1) is 6.57 Å². The normalized spacial score (nSPS) is 10.8. The quantitative estimate of drug-likeness (QED) is 0.616. The van der Waals surface area contributed by atoms with Crippen molar-refractivity contribution in [3.8, 4) is 5.75 Å². The number of rotatable bonds is 1. The van der Waals surface area contributed by atoms with Gasteiger partial charge in [-0.05, 0) is 11.5 Å². The lowest BCUT2D eigenvalue weighted by molar-refractivity contribution is 0.398. The van der Waals surface area contributed by atoms with E-state index in [1.54, 1.807) is 7.11 Å². The van der Waals surface area contributed by atoms with Crippen molar-refractivity contribution >= 4 is 5.69 Å². The lowest BCUT2D eigenvalue weighted by atomic mass is 9.85. The molecule has 0 N–H and O–H groups in total. The van der Waals surface area contributed by atoms with Crippen LogP contribution in [0.4, 0.5) is 5.69 Å². The molecule has 74 valence electrons. The first-order valence-corrected chi connectivity index (χ1v) is 4.55. The molecule has 1 aromatic carbocycles. The van der Waals surface area contributed by atoms with Gasteiger partial charge in [-0.15, -0.1) is 0 Å². The van der Waals surface area contributed by atoms with E-state index >= 15 is 0 Å². The molecule has 0 aromatic heterocycles. The minimum atomic E-state index is -0.0630. The summed E-state index contributed by atoms with van der Waals surface area (Å²) >= 11 is 0. The van der Waals surface area contributed by atoms with Crippen LogP contribution in [-0.4, -0.2) is 7.11 Å². The van der Waals surface area contributed by atoms with Gasteiger partial charge in [0, 0.05) is 5.56 Å². The van der Waals surface area contributed by atoms with Crippen molar-refractivity contribution in [3.63, 3.8) is 0 Å². The lowest BCUT2D eigenvalue weighted by Gasteiger charge is -2.23. The molecule has 0 bridgehead atoms. The fourth-order valence-corrected chi connectivity index (χ4v) is 1.54. The highest BCUT2D eigenvalue weighted by Crippen LogP contribution is 2.38. The Balaban J connectivity index is 3.44. The molecule has 0 heterocycles. The molecule has 0 unspecified atom stereocenters. The topological polar surface area (TPSA) is 13.6 Å². The van der Waals surface area contributed by atoms with Gasteiger partial charge in [-0.2, -0.15) is 0 Å². The first-order valence-electron chi connectivity index (χ1n) is 4.55. The average molecular weight is 189 g/mol. The predicted molar refractivity (Wildman–Crippen MR) is 58.0 cm³/mol. The van der Waals surface area contributed by atoms with Gasteiger partial charge < -0.3 is 4.74 Å². The first kappa shape index (κ1) is 10.6. The molecule has 2 nitrogen and oxygen atoms in total. The second kappa shape index (κ2) is 3.71. The van der Waals surface area contributed by atoms with Crippen molar-refractivity contribution in [2.24, 2.45) is 0 Å². The van der Waals surface area contributed by atoms with E-state index in [1.165, 1.54) is 0 Å². The molecule has 1 aromatic rings. The molecule has 14 heavy (non-hydrogen) atoms. The molecular formula is C12H15NO. The van der Waals surface area contributed by atoms with Crippen molar-refractivity contribution in [3.05, 3.63) is 35.2 Å². The Bertz CT molecular complexity index is 369. The summed E-state index contributed by atoms with van der Waals surface area (Å²) in [5.41, 5.74) is 1.60. The molecule has 0 aliphatic carbocycles. The molecule has 0 aliphatic rings. The van der Waals surface area contributed by atoms with Gasteiger partial charge in [0.2, 0.25) is 0 Å². The Hall–Kier alpha value is -1.49. The summed E-state index contributed by atoms with van der Waals surface area (Å²) in [4.78, 5) is 3.52. The molecule has 1 rings (SSSR count). The second-order valence-corrected chi connectivity index (χ2v) is 4.22. The molecule has 0 atom stereocenters. The zero-order chi connectivity index (χ0) is 10.8. The standard InChI is InChI=1S/C12H15NO/c1-12(2,3)11-9(13-4)7-6-8-10(11)14-5/h6-8H,1-3,5H3. The van der Waals surface area contributed by atoms with Gasteiger partial charge in [-0.3, -0.25) is 0 Å². The van der Waals surface area contributed by atoms with Gasteiger partial charge >= 0.3 is 0 Å². The highest BCUT2D eigenvalue weighted by molar-refractivity contribution is 5.61. The summed E-state index contributed by atoms with van der Waals surface area (Å²) in [6, 6.07) is 5.58. The molecule has 0 fully saturated rings. The van der Waals surface area contributed by atoms with E-state index in [9.17, 15) is 0 Å². The van der Waals surface area contributed by atoms with Gasteiger partial charge in [0.25, 0.3) is 0 Å². The maximum absolute atomic E-state index is 7.11. The number of nitrogens with zero attached hydrogens (tertiary/aromatic N) is 1. The fourth-order valence-electron chi connectivity index (χ4n) is 1.54. The van der Waals surface area contributed by atoms with Gasteiger partial charge in [0.15, 0.2) is 5.69 Å². The Kier molecular flexibility index (Phi) is 2.81. The highest BCUT2D eigenvalue weighted by atomic mass is 16.5. The van der Waals surface area contributed by atoms with E-state index in [4.69, 9.17) is 11.3 Å². The number of methoxy groups -OCH3 is 1. The zero-order valence-corrected chi connectivity index (χ0v) is 9.09. The Morgan fingerprint density at radius 1 is 1.29 bits per heavy atom. The van der Waals surface area contributed by atoms with Crippen LogP contribution in [0.5, 0.6) is 5.75 Å². The van der Waals surface area contributed by atoms with Crippen LogP contribution in [0.3, 0.4) is 0 Å². The van der Waals surface area contributed by atoms with Gasteiger partial charge in [-0.25, -0.2) is 4.85 Å². The lowest BCUT2D eigenvalue weighted by Crippen LogP contribution is -2.12. The monoisotopic (exact) mass is 189 g/mol. The third-order valence-corrected chi connectivity index (χ3v) is 2.09. The predicted octanol–water partition coefficient (Wildman–Crippen LogP) is 3.54. The van der Waals surface area contributed by atoms with Crippen molar-refractivity contribution < 1.29 is 4.74 Å². The summed E-state index contributed by atoms with van der Waals surface area (Å²) < 4.78 is 5.27. The number of hydrogen-bond donors (Lipinski definition) is 0. The highest BCUT2D eigenvalue weighted by Gasteiger charge is 2.22. The smallest absolute Gasteiger partial charge is 0.194 e. The van der Waals surface area contributed by atoms with Crippen LogP contribution >= 0.6 is 0 Å². The van der Waals surface area contributed by atoms with E-state index < -0.39 is 0 Å². The molecule has 0 saturated heterocycles. The minimum absolute atomic E-state index is 0.0630. The summed E-state index contributed by atoms with van der Waals surface area (Å²) in [5, 5.41) is 0.